The van der Waals surface area contributed by atoms with Crippen LogP contribution in [0.2, 0.25) is 5.02 Å². The van der Waals surface area contributed by atoms with Crippen LogP contribution in [0.3, 0.4) is 0 Å². The number of benzene rings is 2. The lowest BCUT2D eigenvalue weighted by molar-refractivity contribution is -0.113. The first-order chi connectivity index (χ1) is 12.1. The van der Waals surface area contributed by atoms with Crippen molar-refractivity contribution in [2.75, 3.05) is 11.1 Å². The Morgan fingerprint density at radius 3 is 2.60 bits per heavy atom. The van der Waals surface area contributed by atoms with Gasteiger partial charge >= 0.3 is 0 Å². The van der Waals surface area contributed by atoms with E-state index in [9.17, 15) is 4.79 Å². The fraction of sp³-hybridized carbons (Fsp3) is 0.176. The predicted octanol–water partition coefficient (Wildman–Crippen LogP) is 3.66. The Morgan fingerprint density at radius 2 is 1.88 bits per heavy atom. The zero-order valence-corrected chi connectivity index (χ0v) is 15.3. The topological polar surface area (TPSA) is 72.7 Å². The van der Waals surface area contributed by atoms with Gasteiger partial charge < -0.3 is 5.32 Å². The maximum absolute atomic E-state index is 12.2. The van der Waals surface area contributed by atoms with Crippen molar-refractivity contribution in [3.8, 4) is 5.69 Å². The molecular weight excluding hydrogens is 358 g/mol. The van der Waals surface area contributed by atoms with E-state index in [2.05, 4.69) is 20.8 Å². The van der Waals surface area contributed by atoms with Crippen molar-refractivity contribution in [1.82, 2.24) is 20.2 Å². The van der Waals surface area contributed by atoms with E-state index >= 15 is 0 Å². The Hall–Kier alpha value is -2.38. The summed E-state index contributed by atoms with van der Waals surface area (Å²) in [6.45, 7) is 4.01. The first-order valence-corrected chi connectivity index (χ1v) is 8.95. The normalized spacial score (nSPS) is 10.7. The third-order valence-corrected chi connectivity index (χ3v) is 4.82. The molecule has 25 heavy (non-hydrogen) atoms. The van der Waals surface area contributed by atoms with E-state index in [-0.39, 0.29) is 11.7 Å². The molecule has 0 saturated heterocycles. The number of carbonyl (C=O) groups is 1. The first-order valence-electron chi connectivity index (χ1n) is 7.58. The molecule has 6 nitrogen and oxygen atoms in total. The highest BCUT2D eigenvalue weighted by atomic mass is 35.5. The molecule has 2 aromatic carbocycles. The number of aryl methyl sites for hydroxylation is 2. The van der Waals surface area contributed by atoms with Gasteiger partial charge in [0.25, 0.3) is 0 Å². The number of halogens is 1. The van der Waals surface area contributed by atoms with E-state index in [4.69, 9.17) is 11.6 Å². The molecule has 0 radical (unpaired) electrons. The van der Waals surface area contributed by atoms with Crippen LogP contribution in [0.25, 0.3) is 5.69 Å². The standard InChI is InChI=1S/C17H16ClN5OS/c1-11-6-5-7-12(2)16(11)23-17(20-21-22-23)25-10-15(24)19-14-9-4-3-8-13(14)18/h3-9H,10H2,1-2H3,(H,19,24). The zero-order chi connectivity index (χ0) is 17.8. The van der Waals surface area contributed by atoms with Crippen LogP contribution in [-0.2, 0) is 4.79 Å². The van der Waals surface area contributed by atoms with Crippen molar-refractivity contribution >= 4 is 35.0 Å². The zero-order valence-electron chi connectivity index (χ0n) is 13.7. The summed E-state index contributed by atoms with van der Waals surface area (Å²) in [6, 6.07) is 13.1. The van der Waals surface area contributed by atoms with Crippen molar-refractivity contribution in [2.24, 2.45) is 0 Å². The number of thioether (sulfide) groups is 1. The van der Waals surface area contributed by atoms with Gasteiger partial charge in [0.05, 0.1) is 22.2 Å². The van der Waals surface area contributed by atoms with Gasteiger partial charge in [-0.25, -0.2) is 0 Å². The van der Waals surface area contributed by atoms with E-state index in [1.54, 1.807) is 16.8 Å². The fourth-order valence-corrected chi connectivity index (χ4v) is 3.29. The number of para-hydroxylation sites is 2. The minimum absolute atomic E-state index is 0.172. The van der Waals surface area contributed by atoms with Crippen LogP contribution in [0.5, 0.6) is 0 Å². The van der Waals surface area contributed by atoms with E-state index < -0.39 is 0 Å². The summed E-state index contributed by atoms with van der Waals surface area (Å²) in [6.07, 6.45) is 0. The van der Waals surface area contributed by atoms with Crippen molar-refractivity contribution < 1.29 is 4.79 Å². The lowest BCUT2D eigenvalue weighted by atomic mass is 10.1. The number of amides is 1. The summed E-state index contributed by atoms with van der Waals surface area (Å²) >= 11 is 7.32. The molecule has 1 N–H and O–H groups in total. The predicted molar refractivity (Wildman–Crippen MR) is 99.4 cm³/mol. The number of carbonyl (C=O) groups excluding carboxylic acids is 1. The second-order valence-electron chi connectivity index (χ2n) is 5.43. The van der Waals surface area contributed by atoms with E-state index in [0.29, 0.717) is 15.9 Å². The Labute approximate surface area is 154 Å². The molecule has 3 aromatic rings. The fourth-order valence-electron chi connectivity index (χ4n) is 2.43. The molecule has 3 rings (SSSR count). The highest BCUT2D eigenvalue weighted by Crippen LogP contribution is 2.24. The van der Waals surface area contributed by atoms with Gasteiger partial charge in [0, 0.05) is 0 Å². The number of nitrogens with zero attached hydrogens (tertiary/aromatic N) is 4. The molecule has 0 fully saturated rings. The molecule has 0 unspecified atom stereocenters. The van der Waals surface area contributed by atoms with Crippen molar-refractivity contribution in [2.45, 2.75) is 19.0 Å². The van der Waals surface area contributed by atoms with Crippen LogP contribution in [0, 0.1) is 13.8 Å². The van der Waals surface area contributed by atoms with Gasteiger partial charge in [0.1, 0.15) is 0 Å². The van der Waals surface area contributed by atoms with E-state index in [1.165, 1.54) is 11.8 Å². The second kappa shape index (κ2) is 7.67. The molecule has 8 heteroatoms. The highest BCUT2D eigenvalue weighted by molar-refractivity contribution is 7.99. The smallest absolute Gasteiger partial charge is 0.234 e. The average molecular weight is 374 g/mol. The van der Waals surface area contributed by atoms with Gasteiger partial charge in [-0.1, -0.05) is 53.7 Å². The molecule has 0 saturated carbocycles. The Kier molecular flexibility index (Phi) is 5.35. The number of hydrogen-bond acceptors (Lipinski definition) is 5. The SMILES string of the molecule is Cc1cccc(C)c1-n1nnnc1SCC(=O)Nc1ccccc1Cl. The summed E-state index contributed by atoms with van der Waals surface area (Å²) in [5.74, 6) is 0.00503. The van der Waals surface area contributed by atoms with Crippen LogP contribution in [0.1, 0.15) is 11.1 Å². The minimum Gasteiger partial charge on any atom is -0.324 e. The lowest BCUT2D eigenvalue weighted by Crippen LogP contribution is -2.15. The molecule has 1 amide bonds. The van der Waals surface area contributed by atoms with Crippen LogP contribution in [0.4, 0.5) is 5.69 Å². The summed E-state index contributed by atoms with van der Waals surface area (Å²) < 4.78 is 1.66. The molecule has 1 heterocycles. The molecule has 0 aliphatic carbocycles. The molecule has 0 bridgehead atoms. The Balaban J connectivity index is 1.72. The molecular formula is C17H16ClN5OS. The Morgan fingerprint density at radius 1 is 1.16 bits per heavy atom. The summed E-state index contributed by atoms with van der Waals surface area (Å²) in [7, 11) is 0. The largest absolute Gasteiger partial charge is 0.324 e. The molecule has 1 aromatic heterocycles. The first kappa shape index (κ1) is 17.4. The van der Waals surface area contributed by atoms with Crippen LogP contribution in [0.15, 0.2) is 47.6 Å². The molecule has 128 valence electrons. The van der Waals surface area contributed by atoms with Crippen molar-refractivity contribution in [3.05, 3.63) is 58.6 Å². The minimum atomic E-state index is -0.172. The quantitative estimate of drug-likeness (QED) is 0.691. The van der Waals surface area contributed by atoms with Crippen molar-refractivity contribution in [3.63, 3.8) is 0 Å². The number of rotatable bonds is 5. The third kappa shape index (κ3) is 4.00. The van der Waals surface area contributed by atoms with Crippen LogP contribution < -0.4 is 5.32 Å². The van der Waals surface area contributed by atoms with Crippen LogP contribution in [-0.4, -0.2) is 31.9 Å². The number of tetrazole rings is 1. The van der Waals surface area contributed by atoms with Crippen molar-refractivity contribution in [1.29, 1.82) is 0 Å². The van der Waals surface area contributed by atoms with Gasteiger partial charge in [-0.3, -0.25) is 4.79 Å². The number of nitrogens with one attached hydrogen (secondary N) is 1. The number of hydrogen-bond donors (Lipinski definition) is 1. The number of aromatic nitrogens is 4. The summed E-state index contributed by atoms with van der Waals surface area (Å²) in [4.78, 5) is 12.2. The highest BCUT2D eigenvalue weighted by Gasteiger charge is 2.15. The second-order valence-corrected chi connectivity index (χ2v) is 6.78. The summed E-state index contributed by atoms with van der Waals surface area (Å²) in [5, 5.41) is 15.7. The maximum atomic E-state index is 12.2. The van der Waals surface area contributed by atoms with Crippen LogP contribution >= 0.6 is 23.4 Å². The van der Waals surface area contributed by atoms with Gasteiger partial charge in [0.15, 0.2) is 0 Å². The maximum Gasteiger partial charge on any atom is 0.234 e. The molecule has 0 aliphatic rings. The van der Waals surface area contributed by atoms with Gasteiger partial charge in [-0.05, 0) is 47.5 Å². The lowest BCUT2D eigenvalue weighted by Gasteiger charge is -2.10. The van der Waals surface area contributed by atoms with Gasteiger partial charge in [-0.2, -0.15) is 4.68 Å². The summed E-state index contributed by atoms with van der Waals surface area (Å²) in [5.41, 5.74) is 3.65. The van der Waals surface area contributed by atoms with Gasteiger partial charge in [-0.15, -0.1) is 5.10 Å². The molecule has 0 atom stereocenters. The monoisotopic (exact) mass is 373 g/mol. The molecule has 0 aliphatic heterocycles. The average Bonchev–Trinajstić information content (AvgIpc) is 3.03. The Bertz CT molecular complexity index is 891. The number of anilines is 1. The van der Waals surface area contributed by atoms with E-state index in [0.717, 1.165) is 16.8 Å². The third-order valence-electron chi connectivity index (χ3n) is 3.57. The van der Waals surface area contributed by atoms with E-state index in [1.807, 2.05) is 44.2 Å². The van der Waals surface area contributed by atoms with Gasteiger partial charge in [0.2, 0.25) is 11.1 Å². The molecule has 0 spiro atoms.